The largest absolute Gasteiger partial charge is 0.496 e. The maximum absolute atomic E-state index is 13.1. The number of carbonyl (C=O) groups excluding carboxylic acids is 3. The molecule has 7 heteroatoms. The minimum Gasteiger partial charge on any atom is -0.496 e. The van der Waals surface area contributed by atoms with Gasteiger partial charge in [-0.3, -0.25) is 19.3 Å². The zero-order valence-corrected chi connectivity index (χ0v) is 20.6. The van der Waals surface area contributed by atoms with E-state index in [-0.39, 0.29) is 29.0 Å². The smallest absolute Gasteiger partial charge is 0.294 e. The molecule has 180 valence electrons. The molecule has 0 spiro atoms. The van der Waals surface area contributed by atoms with Crippen molar-refractivity contribution < 1.29 is 19.1 Å². The van der Waals surface area contributed by atoms with Gasteiger partial charge in [0.2, 0.25) is 5.91 Å². The van der Waals surface area contributed by atoms with Crippen molar-refractivity contribution in [2.24, 2.45) is 17.8 Å². The number of nitrogens with zero attached hydrogens (tertiary/aromatic N) is 2. The second kappa shape index (κ2) is 8.43. The second-order valence-electron chi connectivity index (χ2n) is 11.0. The Balaban J connectivity index is 1.27. The summed E-state index contributed by atoms with van der Waals surface area (Å²) in [5, 5.41) is -0.375. The molecule has 34 heavy (non-hydrogen) atoms. The number of methoxy groups -OCH3 is 1. The van der Waals surface area contributed by atoms with Crippen LogP contribution in [0.5, 0.6) is 5.75 Å². The Labute approximate surface area is 205 Å². The first-order valence-corrected chi connectivity index (χ1v) is 13.5. The van der Waals surface area contributed by atoms with E-state index in [1.807, 2.05) is 6.07 Å². The highest BCUT2D eigenvalue weighted by atomic mass is 32.2. The number of amides is 3. The van der Waals surface area contributed by atoms with E-state index in [4.69, 9.17) is 4.74 Å². The lowest BCUT2D eigenvalue weighted by Gasteiger charge is -2.57. The molecule has 0 radical (unpaired) electrons. The molecule has 6 aliphatic rings. The summed E-state index contributed by atoms with van der Waals surface area (Å²) in [7, 11) is 1.64. The molecule has 4 saturated carbocycles. The standard InChI is InChI=1S/C27H32N2O4S/c1-33-22-5-4-21(27-13-17-8-18(14-27)10-19(9-17)15-27)11-20(22)12-23-25(31)29(26(32)34-23)16-24(30)28-6-2-3-7-28/h4-5,11-12,17-19H,2-3,6-10,13-16H2,1H3/b23-12-. The van der Waals surface area contributed by atoms with Crippen LogP contribution >= 0.6 is 11.8 Å². The van der Waals surface area contributed by atoms with Gasteiger partial charge in [-0.15, -0.1) is 0 Å². The molecule has 1 aromatic carbocycles. The van der Waals surface area contributed by atoms with Crippen LogP contribution in [0.25, 0.3) is 6.08 Å². The number of imide groups is 1. The summed E-state index contributed by atoms with van der Waals surface area (Å²) >= 11 is 0.918. The Morgan fingerprint density at radius 2 is 1.74 bits per heavy atom. The molecule has 7 rings (SSSR count). The van der Waals surface area contributed by atoms with Gasteiger partial charge in [0, 0.05) is 18.7 Å². The van der Waals surface area contributed by atoms with Crippen LogP contribution in [0.2, 0.25) is 0 Å². The molecule has 3 amide bonds. The van der Waals surface area contributed by atoms with Crippen LogP contribution in [0.15, 0.2) is 23.1 Å². The highest BCUT2D eigenvalue weighted by Gasteiger charge is 2.51. The number of rotatable bonds is 5. The summed E-state index contributed by atoms with van der Waals surface area (Å²) in [6, 6.07) is 6.42. The first-order chi connectivity index (χ1) is 16.4. The first-order valence-electron chi connectivity index (χ1n) is 12.7. The van der Waals surface area contributed by atoms with Gasteiger partial charge in [-0.1, -0.05) is 6.07 Å². The quantitative estimate of drug-likeness (QED) is 0.565. The number of thioether (sulfide) groups is 1. The van der Waals surface area contributed by atoms with Gasteiger partial charge in [-0.2, -0.15) is 0 Å². The van der Waals surface area contributed by atoms with Crippen LogP contribution < -0.4 is 4.74 Å². The lowest BCUT2D eigenvalue weighted by atomic mass is 9.48. The van der Waals surface area contributed by atoms with Crippen molar-refractivity contribution in [1.82, 2.24) is 9.80 Å². The van der Waals surface area contributed by atoms with Gasteiger partial charge < -0.3 is 9.64 Å². The zero-order valence-electron chi connectivity index (χ0n) is 19.8. The summed E-state index contributed by atoms with van der Waals surface area (Å²) in [5.41, 5.74) is 2.43. The van der Waals surface area contributed by atoms with Crippen molar-refractivity contribution in [2.45, 2.75) is 56.8 Å². The number of benzene rings is 1. The fraction of sp³-hybridized carbons (Fsp3) is 0.593. The fourth-order valence-corrected chi connectivity index (χ4v) is 8.45. The van der Waals surface area contributed by atoms with Crippen molar-refractivity contribution in [1.29, 1.82) is 0 Å². The minimum absolute atomic E-state index is 0.151. The van der Waals surface area contributed by atoms with Crippen LogP contribution in [0.3, 0.4) is 0 Å². The van der Waals surface area contributed by atoms with Gasteiger partial charge in [-0.25, -0.2) is 0 Å². The average molecular weight is 481 g/mol. The second-order valence-corrected chi connectivity index (χ2v) is 12.0. The molecule has 0 aromatic heterocycles. The minimum atomic E-state index is -0.384. The van der Waals surface area contributed by atoms with E-state index in [9.17, 15) is 14.4 Å². The molecule has 2 saturated heterocycles. The SMILES string of the molecule is COc1ccc(C23CC4CC(CC(C4)C2)C3)cc1/C=C1\SC(=O)N(CC(=O)N2CCCC2)C1=O. The van der Waals surface area contributed by atoms with E-state index >= 15 is 0 Å². The Bertz CT molecular complexity index is 1040. The molecule has 0 N–H and O–H groups in total. The number of hydrogen-bond acceptors (Lipinski definition) is 5. The number of ether oxygens (including phenoxy) is 1. The molecule has 2 aliphatic heterocycles. The topological polar surface area (TPSA) is 66.9 Å². The highest BCUT2D eigenvalue weighted by Crippen LogP contribution is 2.61. The predicted molar refractivity (Wildman–Crippen MR) is 131 cm³/mol. The van der Waals surface area contributed by atoms with Crippen LogP contribution in [0.4, 0.5) is 4.79 Å². The maximum Gasteiger partial charge on any atom is 0.294 e. The number of carbonyl (C=O) groups is 3. The Hall–Kier alpha value is -2.28. The third-order valence-electron chi connectivity index (χ3n) is 8.79. The van der Waals surface area contributed by atoms with Gasteiger partial charge in [0.25, 0.3) is 11.1 Å². The first kappa shape index (κ1) is 22.2. The number of likely N-dealkylation sites (tertiary alicyclic amines) is 1. The van der Waals surface area contributed by atoms with E-state index in [1.54, 1.807) is 18.1 Å². The van der Waals surface area contributed by atoms with Crippen molar-refractivity contribution in [3.8, 4) is 5.75 Å². The average Bonchev–Trinajstić information content (AvgIpc) is 3.43. The summed E-state index contributed by atoms with van der Waals surface area (Å²) in [6.45, 7) is 1.24. The Morgan fingerprint density at radius 3 is 2.35 bits per heavy atom. The lowest BCUT2D eigenvalue weighted by Crippen LogP contribution is -2.48. The molecule has 1 aromatic rings. The van der Waals surface area contributed by atoms with Gasteiger partial charge in [0.1, 0.15) is 12.3 Å². The zero-order chi connectivity index (χ0) is 23.4. The van der Waals surface area contributed by atoms with E-state index in [2.05, 4.69) is 12.1 Å². The highest BCUT2D eigenvalue weighted by molar-refractivity contribution is 8.18. The normalized spacial score (nSPS) is 33.4. The number of hydrogen-bond donors (Lipinski definition) is 0. The molecule has 0 unspecified atom stereocenters. The van der Waals surface area contributed by atoms with E-state index < -0.39 is 0 Å². The van der Waals surface area contributed by atoms with Gasteiger partial charge in [-0.05, 0) is 110 Å². The molecule has 6 nitrogen and oxygen atoms in total. The van der Waals surface area contributed by atoms with Crippen LogP contribution in [0.1, 0.15) is 62.5 Å². The van der Waals surface area contributed by atoms with Gasteiger partial charge >= 0.3 is 0 Å². The Morgan fingerprint density at radius 1 is 1.09 bits per heavy atom. The summed E-state index contributed by atoms with van der Waals surface area (Å²) < 4.78 is 5.63. The van der Waals surface area contributed by atoms with E-state index in [1.165, 1.54) is 44.1 Å². The molecule has 2 heterocycles. The third kappa shape index (κ3) is 3.76. The van der Waals surface area contributed by atoms with Crippen LogP contribution in [0, 0.1) is 17.8 Å². The molecule has 4 bridgehead atoms. The maximum atomic E-state index is 13.1. The fourth-order valence-electron chi connectivity index (χ4n) is 7.62. The van der Waals surface area contributed by atoms with Crippen LogP contribution in [-0.4, -0.2) is 53.6 Å². The predicted octanol–water partition coefficient (Wildman–Crippen LogP) is 4.82. The molecule has 0 atom stereocenters. The van der Waals surface area contributed by atoms with Gasteiger partial charge in [0.05, 0.1) is 12.0 Å². The van der Waals surface area contributed by atoms with Crippen molar-refractivity contribution in [2.75, 3.05) is 26.7 Å². The van der Waals surface area contributed by atoms with E-state index in [0.29, 0.717) is 23.7 Å². The molecular weight excluding hydrogens is 448 g/mol. The lowest BCUT2D eigenvalue weighted by molar-refractivity contribution is -0.135. The Kier molecular flexibility index (Phi) is 5.51. The molecule has 6 fully saturated rings. The van der Waals surface area contributed by atoms with E-state index in [0.717, 1.165) is 52.8 Å². The summed E-state index contributed by atoms with van der Waals surface area (Å²) in [6.07, 6.45) is 11.7. The molecule has 4 aliphatic carbocycles. The van der Waals surface area contributed by atoms with Crippen LogP contribution in [-0.2, 0) is 15.0 Å². The van der Waals surface area contributed by atoms with Crippen molar-refractivity contribution in [3.63, 3.8) is 0 Å². The van der Waals surface area contributed by atoms with Gasteiger partial charge in [0.15, 0.2) is 0 Å². The van der Waals surface area contributed by atoms with Crippen molar-refractivity contribution >= 4 is 34.9 Å². The monoisotopic (exact) mass is 480 g/mol. The van der Waals surface area contributed by atoms with Crippen molar-refractivity contribution in [3.05, 3.63) is 34.2 Å². The summed E-state index contributed by atoms with van der Waals surface area (Å²) in [5.74, 6) is 2.71. The third-order valence-corrected chi connectivity index (χ3v) is 9.70. The molecular formula is C27H32N2O4S. The summed E-state index contributed by atoms with van der Waals surface area (Å²) in [4.78, 5) is 41.4.